The van der Waals surface area contributed by atoms with Crippen molar-refractivity contribution >= 4 is 49.1 Å². The van der Waals surface area contributed by atoms with Crippen LogP contribution in [-0.4, -0.2) is 30.0 Å². The van der Waals surface area contributed by atoms with Crippen molar-refractivity contribution in [2.45, 2.75) is 14.9 Å². The summed E-state index contributed by atoms with van der Waals surface area (Å²) in [4.78, 5) is 29.8. The quantitative estimate of drug-likeness (QED) is 0.384. The van der Waals surface area contributed by atoms with E-state index in [2.05, 4.69) is 31.2 Å². The molecule has 0 aliphatic carbocycles. The Hall–Kier alpha value is -2.57. The summed E-state index contributed by atoms with van der Waals surface area (Å²) >= 11 is 4.01. The predicted octanol–water partition coefficient (Wildman–Crippen LogP) is 3.37. The van der Waals surface area contributed by atoms with Crippen molar-refractivity contribution in [3.63, 3.8) is 0 Å². The lowest BCUT2D eigenvalue weighted by molar-refractivity contribution is -0.113. The van der Waals surface area contributed by atoms with E-state index in [4.69, 9.17) is 0 Å². The number of benzene rings is 2. The number of nitrogens with one attached hydrogen (secondary N) is 2. The smallest absolute Gasteiger partial charge is 0.270 e. The highest BCUT2D eigenvalue weighted by Gasteiger charge is 2.22. The Morgan fingerprint density at radius 3 is 2.50 bits per heavy atom. The van der Waals surface area contributed by atoms with Gasteiger partial charge in [-0.25, -0.2) is 22.2 Å². The van der Waals surface area contributed by atoms with Gasteiger partial charge in [-0.2, -0.15) is 0 Å². The van der Waals surface area contributed by atoms with Crippen LogP contribution in [0.5, 0.6) is 0 Å². The van der Waals surface area contributed by atoms with Crippen LogP contribution in [0.2, 0.25) is 0 Å². The third-order valence-corrected chi connectivity index (χ3v) is 6.88. The van der Waals surface area contributed by atoms with Crippen LogP contribution in [0.25, 0.3) is 0 Å². The molecule has 0 radical (unpaired) electrons. The number of halogens is 3. The number of aromatic nitrogens is 2. The summed E-state index contributed by atoms with van der Waals surface area (Å²) in [5.41, 5.74) is -1.08. The Morgan fingerprint density at radius 1 is 1.17 bits per heavy atom. The molecule has 0 saturated heterocycles. The summed E-state index contributed by atoms with van der Waals surface area (Å²) < 4.78 is 52.3. The Kier molecular flexibility index (Phi) is 6.68. The number of rotatable bonds is 6. The first-order valence-electron chi connectivity index (χ1n) is 8.14. The maximum absolute atomic E-state index is 13.6. The molecule has 1 heterocycles. The first-order valence-corrected chi connectivity index (χ1v) is 11.4. The molecule has 2 N–H and O–H groups in total. The number of sulfone groups is 1. The van der Waals surface area contributed by atoms with Gasteiger partial charge in [0.25, 0.3) is 5.56 Å². The zero-order valence-corrected chi connectivity index (χ0v) is 18.1. The third-order valence-electron chi connectivity index (χ3n) is 3.70. The van der Waals surface area contributed by atoms with Gasteiger partial charge in [0.1, 0.15) is 11.6 Å². The largest absolute Gasteiger partial charge is 0.323 e. The molecular weight excluding hydrogens is 504 g/mol. The molecule has 30 heavy (non-hydrogen) atoms. The van der Waals surface area contributed by atoms with Crippen LogP contribution >= 0.6 is 27.7 Å². The standard InChI is InChI=1S/C18H12BrF2N3O4S2/c19-10-1-4-12(5-2-10)30(27,28)15-8-22-18(24-17(15)26)29-9-16(25)23-14-6-3-11(20)7-13(14)21/h1-8H,9H2,(H,23,25)(H,22,24,26). The highest BCUT2D eigenvalue weighted by molar-refractivity contribution is 9.10. The molecular formula is C18H12BrF2N3O4S2. The van der Waals surface area contributed by atoms with Crippen LogP contribution in [0, 0.1) is 11.6 Å². The lowest BCUT2D eigenvalue weighted by Crippen LogP contribution is -2.20. The van der Waals surface area contributed by atoms with Crippen molar-refractivity contribution in [1.29, 1.82) is 0 Å². The molecule has 0 unspecified atom stereocenters. The third kappa shape index (κ3) is 5.12. The number of hydrogen-bond acceptors (Lipinski definition) is 6. The van der Waals surface area contributed by atoms with Gasteiger partial charge in [0.2, 0.25) is 15.7 Å². The Morgan fingerprint density at radius 2 is 1.87 bits per heavy atom. The van der Waals surface area contributed by atoms with Crippen molar-refractivity contribution in [2.24, 2.45) is 0 Å². The molecule has 0 aliphatic heterocycles. The number of aromatic amines is 1. The predicted molar refractivity (Wildman–Crippen MR) is 110 cm³/mol. The summed E-state index contributed by atoms with van der Waals surface area (Å²) in [5, 5.41) is 2.27. The normalized spacial score (nSPS) is 11.3. The van der Waals surface area contributed by atoms with Crippen molar-refractivity contribution in [3.8, 4) is 0 Å². The number of anilines is 1. The van der Waals surface area contributed by atoms with Gasteiger partial charge in [-0.1, -0.05) is 27.7 Å². The highest BCUT2D eigenvalue weighted by Crippen LogP contribution is 2.21. The molecule has 0 atom stereocenters. The molecule has 0 aliphatic rings. The highest BCUT2D eigenvalue weighted by atomic mass is 79.9. The maximum atomic E-state index is 13.6. The first kappa shape index (κ1) is 22.1. The summed E-state index contributed by atoms with van der Waals surface area (Å²) in [7, 11) is -4.07. The fourth-order valence-electron chi connectivity index (χ4n) is 2.28. The van der Waals surface area contributed by atoms with E-state index in [0.717, 1.165) is 30.1 Å². The molecule has 3 aromatic rings. The number of thioether (sulfide) groups is 1. The lowest BCUT2D eigenvalue weighted by Gasteiger charge is -2.07. The van der Waals surface area contributed by atoms with Gasteiger partial charge in [-0.3, -0.25) is 9.59 Å². The van der Waals surface area contributed by atoms with E-state index >= 15 is 0 Å². The zero-order valence-electron chi connectivity index (χ0n) is 14.9. The minimum Gasteiger partial charge on any atom is -0.323 e. The summed E-state index contributed by atoms with van der Waals surface area (Å²) in [6.45, 7) is 0. The van der Waals surface area contributed by atoms with Crippen LogP contribution in [0.15, 0.2) is 72.9 Å². The van der Waals surface area contributed by atoms with Gasteiger partial charge in [0.05, 0.1) is 22.5 Å². The average Bonchev–Trinajstić information content (AvgIpc) is 2.69. The minimum atomic E-state index is -4.07. The second kappa shape index (κ2) is 9.06. The Bertz CT molecular complexity index is 1270. The molecule has 0 spiro atoms. The van der Waals surface area contributed by atoms with Gasteiger partial charge < -0.3 is 10.3 Å². The Balaban J connectivity index is 1.70. The van der Waals surface area contributed by atoms with E-state index in [1.54, 1.807) is 0 Å². The van der Waals surface area contributed by atoms with E-state index in [1.807, 2.05) is 0 Å². The molecule has 0 bridgehead atoms. The average molecular weight is 516 g/mol. The Labute approximate surface area is 182 Å². The van der Waals surface area contributed by atoms with Crippen molar-refractivity contribution in [2.75, 3.05) is 11.1 Å². The van der Waals surface area contributed by atoms with E-state index in [0.29, 0.717) is 10.5 Å². The van der Waals surface area contributed by atoms with Crippen molar-refractivity contribution in [1.82, 2.24) is 9.97 Å². The summed E-state index contributed by atoms with van der Waals surface area (Å²) in [5.74, 6) is -2.58. The van der Waals surface area contributed by atoms with E-state index in [-0.39, 0.29) is 21.5 Å². The maximum Gasteiger partial charge on any atom is 0.270 e. The fourth-order valence-corrected chi connectivity index (χ4v) is 4.41. The molecule has 1 amide bonds. The number of carbonyl (C=O) groups excluding carboxylic acids is 1. The van der Waals surface area contributed by atoms with Crippen LogP contribution < -0.4 is 10.9 Å². The molecule has 7 nitrogen and oxygen atoms in total. The van der Waals surface area contributed by atoms with Crippen molar-refractivity contribution in [3.05, 3.63) is 75.1 Å². The van der Waals surface area contributed by atoms with Crippen LogP contribution in [0.3, 0.4) is 0 Å². The molecule has 12 heteroatoms. The molecule has 2 aromatic carbocycles. The second-order valence-corrected chi connectivity index (χ2v) is 9.60. The van der Waals surface area contributed by atoms with Gasteiger partial charge in [-0.15, -0.1) is 0 Å². The number of amides is 1. The molecule has 0 saturated carbocycles. The van der Waals surface area contributed by atoms with E-state index in [9.17, 15) is 26.8 Å². The lowest BCUT2D eigenvalue weighted by atomic mass is 10.3. The summed E-state index contributed by atoms with van der Waals surface area (Å²) in [6, 6.07) is 8.46. The van der Waals surface area contributed by atoms with Crippen LogP contribution in [-0.2, 0) is 14.6 Å². The van der Waals surface area contributed by atoms with Crippen molar-refractivity contribution < 1.29 is 22.0 Å². The van der Waals surface area contributed by atoms with Gasteiger partial charge in [-0.05, 0) is 36.4 Å². The minimum absolute atomic E-state index is 0.00415. The van der Waals surface area contributed by atoms with E-state index in [1.165, 1.54) is 24.3 Å². The molecule has 3 rings (SSSR count). The molecule has 156 valence electrons. The monoisotopic (exact) mass is 515 g/mol. The van der Waals surface area contributed by atoms with Gasteiger partial charge in [0.15, 0.2) is 10.1 Å². The van der Waals surface area contributed by atoms with Crippen LogP contribution in [0.4, 0.5) is 14.5 Å². The SMILES string of the molecule is O=C(CSc1ncc(S(=O)(=O)c2ccc(Br)cc2)c(=O)[nH]1)Nc1ccc(F)cc1F. The number of nitrogens with zero attached hydrogens (tertiary/aromatic N) is 1. The number of hydrogen-bond donors (Lipinski definition) is 2. The molecule has 0 fully saturated rings. The van der Waals surface area contributed by atoms with Crippen LogP contribution in [0.1, 0.15) is 0 Å². The zero-order chi connectivity index (χ0) is 21.9. The van der Waals surface area contributed by atoms with E-state index < -0.39 is 37.8 Å². The van der Waals surface area contributed by atoms with Gasteiger partial charge in [0, 0.05) is 10.5 Å². The molecule has 1 aromatic heterocycles. The topological polar surface area (TPSA) is 109 Å². The number of H-pyrrole nitrogens is 1. The first-order chi connectivity index (χ1) is 14.2. The second-order valence-electron chi connectivity index (χ2n) is 5.80. The summed E-state index contributed by atoms with van der Waals surface area (Å²) in [6.07, 6.45) is 0.913. The number of carbonyl (C=O) groups is 1. The fraction of sp³-hybridized carbons (Fsp3) is 0.0556. The van der Waals surface area contributed by atoms with Gasteiger partial charge >= 0.3 is 0 Å².